The molecule has 4 heteroatoms. The highest BCUT2D eigenvalue weighted by Crippen LogP contribution is 2.43. The molecule has 0 aromatic heterocycles. The van der Waals surface area contributed by atoms with Crippen molar-refractivity contribution in [1.29, 1.82) is 0 Å². The second-order valence-corrected chi connectivity index (χ2v) is 7.29. The first-order chi connectivity index (χ1) is 15.9. The van der Waals surface area contributed by atoms with Gasteiger partial charge in [0.15, 0.2) is 0 Å². The molecule has 4 aromatic rings. The molecule has 5 rings (SSSR count). The van der Waals surface area contributed by atoms with Crippen LogP contribution in [0.2, 0.25) is 0 Å². The molecule has 1 heterocycles. The summed E-state index contributed by atoms with van der Waals surface area (Å²) in [5.74, 6) is 0. The van der Waals surface area contributed by atoms with Gasteiger partial charge in [0.05, 0.1) is 0 Å². The topological polar surface area (TPSA) is 49.4 Å². The van der Waals surface area contributed by atoms with Crippen LogP contribution in [0.5, 0.6) is 0 Å². The lowest BCUT2D eigenvalue weighted by Crippen LogP contribution is -1.99. The Balaban J connectivity index is 1.93. The fourth-order valence-electron chi connectivity index (χ4n) is 3.83. The first-order valence-electron chi connectivity index (χ1n) is 10.4. The normalized spacial score (nSPS) is 20.2. The molecule has 0 N–H and O–H groups in total. The maximum absolute atomic E-state index is 4.53. The average Bonchev–Trinajstić information content (AvgIpc) is 2.86. The van der Waals surface area contributed by atoms with E-state index in [2.05, 4.69) is 44.9 Å². The lowest BCUT2D eigenvalue weighted by molar-refractivity contribution is 0.963. The molecule has 0 amide bonds. The highest BCUT2D eigenvalue weighted by atomic mass is 15.5. The summed E-state index contributed by atoms with van der Waals surface area (Å²) < 4.78 is 0. The minimum atomic E-state index is 0.753. The summed E-state index contributed by atoms with van der Waals surface area (Å²) in [4.78, 5) is 0. The van der Waals surface area contributed by atoms with Gasteiger partial charge in [-0.25, -0.2) is 0 Å². The van der Waals surface area contributed by atoms with Gasteiger partial charge < -0.3 is 0 Å². The third-order valence-corrected chi connectivity index (χ3v) is 5.27. The van der Waals surface area contributed by atoms with Gasteiger partial charge in [-0.15, -0.1) is 10.2 Å². The second kappa shape index (κ2) is 9.14. The van der Waals surface area contributed by atoms with E-state index in [4.69, 9.17) is 0 Å². The van der Waals surface area contributed by atoms with Crippen molar-refractivity contribution in [3.63, 3.8) is 0 Å². The Hall–Kier alpha value is -4.44. The van der Waals surface area contributed by atoms with Gasteiger partial charge in [0.25, 0.3) is 0 Å². The van der Waals surface area contributed by atoms with E-state index >= 15 is 0 Å². The van der Waals surface area contributed by atoms with Crippen LogP contribution in [0.1, 0.15) is 22.3 Å². The van der Waals surface area contributed by atoms with Crippen LogP contribution >= 0.6 is 0 Å². The molecule has 0 unspecified atom stereocenters. The molecule has 4 aromatic carbocycles. The predicted octanol–water partition coefficient (Wildman–Crippen LogP) is 7.96. The predicted molar refractivity (Wildman–Crippen MR) is 129 cm³/mol. The summed E-state index contributed by atoms with van der Waals surface area (Å²) in [5.41, 5.74) is 7.43. The van der Waals surface area contributed by atoms with Crippen molar-refractivity contribution in [1.82, 2.24) is 0 Å². The maximum atomic E-state index is 4.53. The zero-order chi connectivity index (χ0) is 21.6. The summed E-state index contributed by atoms with van der Waals surface area (Å²) in [6.07, 6.45) is 0. The Labute approximate surface area is 187 Å². The van der Waals surface area contributed by atoms with Gasteiger partial charge in [0.2, 0.25) is 0 Å². The fraction of sp³-hybridized carbons (Fsp3) is 0. The summed E-state index contributed by atoms with van der Waals surface area (Å²) in [6, 6.07) is 40.7. The van der Waals surface area contributed by atoms with Gasteiger partial charge in [0, 0.05) is 22.3 Å². The molecule has 0 aliphatic carbocycles. The van der Waals surface area contributed by atoms with E-state index in [1.165, 1.54) is 0 Å². The minimum Gasteiger partial charge on any atom is -0.128 e. The lowest BCUT2D eigenvalue weighted by atomic mass is 9.86. The van der Waals surface area contributed by atoms with Crippen molar-refractivity contribution >= 4 is 22.5 Å². The van der Waals surface area contributed by atoms with E-state index < -0.39 is 0 Å². The van der Waals surface area contributed by atoms with Crippen molar-refractivity contribution < 1.29 is 0 Å². The average molecular weight is 412 g/mol. The standard InChI is InChI=1S/C28H20N4/c1-5-13-21(14-6-1)25-26(22-15-7-2-8-16-22)28(24-19-11-4-12-20-24)30-32-31-29-27(25)23-17-9-3-10-18-23/h1-20H/b26-25?,27-25-,28-26-,29-27?,30-28?,31-29-,32-30-,32-31?. The SMILES string of the molecule is c1ccc(C2=C(c3ccccc3)/C(c3ccccc3)=C(c3ccccc3)\N=N/N=N\2)cc1. The Kier molecular flexibility index (Phi) is 5.58. The van der Waals surface area contributed by atoms with Crippen LogP contribution in [0.4, 0.5) is 0 Å². The van der Waals surface area contributed by atoms with Crippen LogP contribution in [0.25, 0.3) is 22.5 Å². The molecule has 4 nitrogen and oxygen atoms in total. The van der Waals surface area contributed by atoms with E-state index in [1.807, 2.05) is 97.1 Å². The summed E-state index contributed by atoms with van der Waals surface area (Å²) in [7, 11) is 0. The number of hydrogen-bond acceptors (Lipinski definition) is 4. The molecule has 0 bridgehead atoms. The molecule has 152 valence electrons. The number of rotatable bonds is 4. The third-order valence-electron chi connectivity index (χ3n) is 5.27. The van der Waals surface area contributed by atoms with Crippen molar-refractivity contribution in [3.8, 4) is 0 Å². The van der Waals surface area contributed by atoms with E-state index in [-0.39, 0.29) is 0 Å². The largest absolute Gasteiger partial charge is 0.128 e. The summed E-state index contributed by atoms with van der Waals surface area (Å²) in [5, 5.41) is 17.2. The molecular formula is C28H20N4. The highest BCUT2D eigenvalue weighted by Gasteiger charge is 2.23. The number of allylic oxidation sites excluding steroid dienone is 2. The van der Waals surface area contributed by atoms with Crippen molar-refractivity contribution in [3.05, 3.63) is 144 Å². The Bertz CT molecular complexity index is 1210. The molecule has 1 aliphatic rings. The van der Waals surface area contributed by atoms with Crippen LogP contribution in [0.3, 0.4) is 0 Å². The van der Waals surface area contributed by atoms with E-state index in [0.29, 0.717) is 0 Å². The van der Waals surface area contributed by atoms with Crippen LogP contribution in [0, 0.1) is 0 Å². The lowest BCUT2D eigenvalue weighted by Gasteiger charge is -2.20. The molecule has 0 spiro atoms. The Morgan fingerprint density at radius 3 is 0.906 bits per heavy atom. The monoisotopic (exact) mass is 412 g/mol. The third kappa shape index (κ3) is 3.94. The van der Waals surface area contributed by atoms with Crippen molar-refractivity contribution in [2.75, 3.05) is 0 Å². The second-order valence-electron chi connectivity index (χ2n) is 7.29. The first-order valence-corrected chi connectivity index (χ1v) is 10.4. The fourth-order valence-corrected chi connectivity index (χ4v) is 3.83. The molecular weight excluding hydrogens is 392 g/mol. The number of benzene rings is 4. The summed E-state index contributed by atoms with van der Waals surface area (Å²) in [6.45, 7) is 0. The Morgan fingerprint density at radius 2 is 0.594 bits per heavy atom. The van der Waals surface area contributed by atoms with Crippen LogP contribution in [-0.2, 0) is 0 Å². The quantitative estimate of drug-likeness (QED) is 0.326. The molecule has 0 saturated heterocycles. The smallest absolute Gasteiger partial charge is 0.103 e. The summed E-state index contributed by atoms with van der Waals surface area (Å²) >= 11 is 0. The van der Waals surface area contributed by atoms with E-state index in [0.717, 1.165) is 44.8 Å². The highest BCUT2D eigenvalue weighted by molar-refractivity contribution is 6.21. The van der Waals surface area contributed by atoms with Crippen molar-refractivity contribution in [2.45, 2.75) is 0 Å². The van der Waals surface area contributed by atoms with E-state index in [1.54, 1.807) is 0 Å². The van der Waals surface area contributed by atoms with Crippen molar-refractivity contribution in [2.24, 2.45) is 20.7 Å². The van der Waals surface area contributed by atoms with Gasteiger partial charge in [-0.3, -0.25) is 0 Å². The van der Waals surface area contributed by atoms with Gasteiger partial charge in [-0.2, -0.15) is 0 Å². The van der Waals surface area contributed by atoms with E-state index in [9.17, 15) is 0 Å². The molecule has 32 heavy (non-hydrogen) atoms. The van der Waals surface area contributed by atoms with Gasteiger partial charge in [-0.05, 0) is 21.6 Å². The minimum absolute atomic E-state index is 0.753. The molecule has 0 saturated carbocycles. The van der Waals surface area contributed by atoms with Crippen LogP contribution in [-0.4, -0.2) is 0 Å². The van der Waals surface area contributed by atoms with Gasteiger partial charge >= 0.3 is 0 Å². The molecule has 0 atom stereocenters. The Morgan fingerprint density at radius 1 is 0.312 bits per heavy atom. The first kappa shape index (κ1) is 19.5. The van der Waals surface area contributed by atoms with Crippen LogP contribution < -0.4 is 0 Å². The molecule has 0 fully saturated rings. The zero-order valence-corrected chi connectivity index (χ0v) is 17.3. The number of nitrogens with zero attached hydrogens (tertiary/aromatic N) is 4. The number of hydrogen-bond donors (Lipinski definition) is 0. The zero-order valence-electron chi connectivity index (χ0n) is 17.3. The maximum Gasteiger partial charge on any atom is 0.103 e. The van der Waals surface area contributed by atoms with Crippen LogP contribution in [0.15, 0.2) is 142 Å². The molecule has 0 radical (unpaired) electrons. The molecule has 1 aliphatic heterocycles. The van der Waals surface area contributed by atoms with Gasteiger partial charge in [-0.1, -0.05) is 121 Å². The van der Waals surface area contributed by atoms with Gasteiger partial charge in [0.1, 0.15) is 11.4 Å².